The van der Waals surface area contributed by atoms with Crippen LogP contribution in [0.5, 0.6) is 0 Å². The summed E-state index contributed by atoms with van der Waals surface area (Å²) in [4.78, 5) is 36.8. The first-order chi connectivity index (χ1) is 11.0. The minimum Gasteiger partial charge on any atom is -0.339 e. The van der Waals surface area contributed by atoms with Crippen molar-refractivity contribution in [1.82, 2.24) is 15.5 Å². The van der Waals surface area contributed by atoms with Crippen LogP contribution in [-0.4, -0.2) is 41.4 Å². The predicted molar refractivity (Wildman–Crippen MR) is 79.9 cm³/mol. The molecule has 122 valence electrons. The Balaban J connectivity index is 1.61. The van der Waals surface area contributed by atoms with E-state index < -0.39 is 18.0 Å². The molecule has 23 heavy (non-hydrogen) atoms. The molecule has 0 radical (unpaired) electrons. The molecule has 0 unspecified atom stereocenters. The van der Waals surface area contributed by atoms with Gasteiger partial charge in [0.15, 0.2) is 0 Å². The van der Waals surface area contributed by atoms with Gasteiger partial charge in [-0.2, -0.15) is 0 Å². The normalized spacial score (nSPS) is 23.8. The second-order valence-corrected chi connectivity index (χ2v) is 5.93. The average molecular weight is 319 g/mol. The van der Waals surface area contributed by atoms with Crippen LogP contribution < -0.4 is 10.6 Å². The van der Waals surface area contributed by atoms with E-state index >= 15 is 0 Å². The number of halogens is 1. The highest BCUT2D eigenvalue weighted by atomic mass is 19.1. The summed E-state index contributed by atoms with van der Waals surface area (Å²) in [6, 6.07) is 4.97. The van der Waals surface area contributed by atoms with Crippen molar-refractivity contribution in [3.05, 3.63) is 35.6 Å². The van der Waals surface area contributed by atoms with Crippen LogP contribution in [0, 0.1) is 5.82 Å². The van der Waals surface area contributed by atoms with Gasteiger partial charge in [-0.3, -0.25) is 14.9 Å². The van der Waals surface area contributed by atoms with Crippen LogP contribution in [0.25, 0.3) is 0 Å². The first-order valence-electron chi connectivity index (χ1n) is 7.68. The standard InChI is InChI=1S/C16H18FN3O3/c17-11-5-3-10(4-6-11)8-12-2-1-7-20(12)14(21)9-13-15(22)19-16(23)18-13/h3-6,12-13H,1-2,7-9H2,(H2,18,19,22,23)/t12-,13-/m0/s1. The third-order valence-electron chi connectivity index (χ3n) is 4.32. The zero-order valence-electron chi connectivity index (χ0n) is 12.5. The third-order valence-corrected chi connectivity index (χ3v) is 4.32. The molecule has 2 heterocycles. The summed E-state index contributed by atoms with van der Waals surface area (Å²) in [7, 11) is 0. The highest BCUT2D eigenvalue weighted by Gasteiger charge is 2.35. The molecule has 0 saturated carbocycles. The maximum Gasteiger partial charge on any atom is 0.322 e. The van der Waals surface area contributed by atoms with Gasteiger partial charge in [0.1, 0.15) is 11.9 Å². The van der Waals surface area contributed by atoms with Gasteiger partial charge in [-0.25, -0.2) is 9.18 Å². The number of nitrogens with zero attached hydrogens (tertiary/aromatic N) is 1. The number of benzene rings is 1. The van der Waals surface area contributed by atoms with E-state index in [9.17, 15) is 18.8 Å². The highest BCUT2D eigenvalue weighted by molar-refractivity contribution is 6.05. The van der Waals surface area contributed by atoms with E-state index in [0.29, 0.717) is 13.0 Å². The van der Waals surface area contributed by atoms with Crippen molar-refractivity contribution in [2.24, 2.45) is 0 Å². The number of carbonyl (C=O) groups is 3. The number of likely N-dealkylation sites (tertiary alicyclic amines) is 1. The van der Waals surface area contributed by atoms with E-state index in [2.05, 4.69) is 10.6 Å². The van der Waals surface area contributed by atoms with Crippen molar-refractivity contribution in [1.29, 1.82) is 0 Å². The molecule has 2 N–H and O–H groups in total. The van der Waals surface area contributed by atoms with Gasteiger partial charge < -0.3 is 10.2 Å². The maximum absolute atomic E-state index is 13.0. The van der Waals surface area contributed by atoms with Crippen molar-refractivity contribution in [3.8, 4) is 0 Å². The minimum absolute atomic E-state index is 0.0303. The van der Waals surface area contributed by atoms with E-state index in [1.54, 1.807) is 17.0 Å². The lowest BCUT2D eigenvalue weighted by molar-refractivity contribution is -0.134. The summed E-state index contributed by atoms with van der Waals surface area (Å²) in [6.07, 6.45) is 2.42. The van der Waals surface area contributed by atoms with Gasteiger partial charge in [-0.15, -0.1) is 0 Å². The Morgan fingerprint density at radius 2 is 2.00 bits per heavy atom. The summed E-state index contributed by atoms with van der Waals surface area (Å²) < 4.78 is 13.0. The molecular weight excluding hydrogens is 301 g/mol. The monoisotopic (exact) mass is 319 g/mol. The molecule has 0 aromatic heterocycles. The van der Waals surface area contributed by atoms with Gasteiger partial charge in [0.05, 0.1) is 6.42 Å². The molecule has 1 aromatic rings. The Morgan fingerprint density at radius 1 is 1.26 bits per heavy atom. The Hall–Kier alpha value is -2.44. The fraction of sp³-hybridized carbons (Fsp3) is 0.438. The predicted octanol–water partition coefficient (Wildman–Crippen LogP) is 0.957. The molecule has 2 aliphatic heterocycles. The van der Waals surface area contributed by atoms with Crippen LogP contribution in [0.15, 0.2) is 24.3 Å². The minimum atomic E-state index is -0.790. The zero-order valence-corrected chi connectivity index (χ0v) is 12.5. The Labute approximate surface area is 133 Å². The van der Waals surface area contributed by atoms with E-state index in [4.69, 9.17) is 0 Å². The first kappa shape index (κ1) is 15.5. The molecule has 0 bridgehead atoms. The first-order valence-corrected chi connectivity index (χ1v) is 7.68. The van der Waals surface area contributed by atoms with Crippen LogP contribution in [-0.2, 0) is 16.0 Å². The summed E-state index contributed by atoms with van der Waals surface area (Å²) in [5, 5.41) is 4.56. The van der Waals surface area contributed by atoms with Crippen molar-refractivity contribution in [2.75, 3.05) is 6.54 Å². The van der Waals surface area contributed by atoms with Gasteiger partial charge in [0.25, 0.3) is 5.91 Å². The lowest BCUT2D eigenvalue weighted by atomic mass is 10.0. The van der Waals surface area contributed by atoms with Crippen molar-refractivity contribution in [2.45, 2.75) is 37.8 Å². The molecule has 2 saturated heterocycles. The lowest BCUT2D eigenvalue weighted by Crippen LogP contribution is -2.41. The molecule has 0 aliphatic carbocycles. The van der Waals surface area contributed by atoms with Gasteiger partial charge in [0.2, 0.25) is 5.91 Å². The fourth-order valence-electron chi connectivity index (χ4n) is 3.16. The molecule has 2 aliphatic rings. The number of hydrogen-bond acceptors (Lipinski definition) is 3. The zero-order chi connectivity index (χ0) is 16.4. The summed E-state index contributed by atoms with van der Waals surface area (Å²) >= 11 is 0. The Bertz CT molecular complexity index is 632. The van der Waals surface area contributed by atoms with E-state index in [1.165, 1.54) is 12.1 Å². The molecule has 2 atom stereocenters. The third kappa shape index (κ3) is 3.49. The van der Waals surface area contributed by atoms with Crippen LogP contribution in [0.1, 0.15) is 24.8 Å². The molecular formula is C16H18FN3O3. The van der Waals surface area contributed by atoms with Crippen molar-refractivity contribution < 1.29 is 18.8 Å². The summed E-state index contributed by atoms with van der Waals surface area (Å²) in [5.74, 6) is -0.884. The van der Waals surface area contributed by atoms with Gasteiger partial charge in [0, 0.05) is 12.6 Å². The average Bonchev–Trinajstić information content (AvgIpc) is 3.08. The Morgan fingerprint density at radius 3 is 2.65 bits per heavy atom. The maximum atomic E-state index is 13.0. The largest absolute Gasteiger partial charge is 0.339 e. The topological polar surface area (TPSA) is 78.5 Å². The number of urea groups is 1. The van der Waals surface area contributed by atoms with Gasteiger partial charge >= 0.3 is 6.03 Å². The lowest BCUT2D eigenvalue weighted by Gasteiger charge is -2.25. The fourth-order valence-corrected chi connectivity index (χ4v) is 3.16. The van der Waals surface area contributed by atoms with E-state index in [-0.39, 0.29) is 24.2 Å². The van der Waals surface area contributed by atoms with Gasteiger partial charge in [-0.1, -0.05) is 12.1 Å². The van der Waals surface area contributed by atoms with Crippen molar-refractivity contribution >= 4 is 17.8 Å². The second-order valence-electron chi connectivity index (χ2n) is 5.93. The summed E-state index contributed by atoms with van der Waals surface area (Å²) in [5.41, 5.74) is 0.975. The molecule has 6 nitrogen and oxygen atoms in total. The van der Waals surface area contributed by atoms with Crippen LogP contribution >= 0.6 is 0 Å². The smallest absolute Gasteiger partial charge is 0.322 e. The number of imide groups is 1. The quantitative estimate of drug-likeness (QED) is 0.811. The van der Waals surface area contributed by atoms with Crippen LogP contribution in [0.2, 0.25) is 0 Å². The number of carbonyl (C=O) groups excluding carboxylic acids is 3. The molecule has 2 fully saturated rings. The summed E-state index contributed by atoms with van der Waals surface area (Å²) in [6.45, 7) is 0.646. The van der Waals surface area contributed by atoms with Crippen LogP contribution in [0.4, 0.5) is 9.18 Å². The number of amides is 4. The SMILES string of the molecule is O=C1NC(=O)[C@H](CC(=O)N2CCC[C@H]2Cc2ccc(F)cc2)N1. The number of nitrogens with one attached hydrogen (secondary N) is 2. The number of hydrogen-bond donors (Lipinski definition) is 2. The Kier molecular flexibility index (Phi) is 4.27. The van der Waals surface area contributed by atoms with E-state index in [1.807, 2.05) is 0 Å². The van der Waals surface area contributed by atoms with E-state index in [0.717, 1.165) is 18.4 Å². The van der Waals surface area contributed by atoms with Crippen LogP contribution in [0.3, 0.4) is 0 Å². The van der Waals surface area contributed by atoms with Crippen molar-refractivity contribution in [3.63, 3.8) is 0 Å². The molecule has 7 heteroatoms. The number of rotatable bonds is 4. The molecule has 3 rings (SSSR count). The second kappa shape index (κ2) is 6.36. The van der Waals surface area contributed by atoms with Gasteiger partial charge in [-0.05, 0) is 37.0 Å². The molecule has 1 aromatic carbocycles. The highest BCUT2D eigenvalue weighted by Crippen LogP contribution is 2.22. The molecule has 4 amide bonds. The molecule has 0 spiro atoms.